The summed E-state index contributed by atoms with van der Waals surface area (Å²) in [7, 11) is 0. The molecule has 0 saturated heterocycles. The molecule has 0 radical (unpaired) electrons. The fourth-order valence-corrected chi connectivity index (χ4v) is 1.84. The Bertz CT molecular complexity index is 365. The molecule has 0 bridgehead atoms. The van der Waals surface area contributed by atoms with Crippen molar-refractivity contribution in [1.82, 2.24) is 9.97 Å². The summed E-state index contributed by atoms with van der Waals surface area (Å²) in [5, 5.41) is 9.30. The van der Waals surface area contributed by atoms with Gasteiger partial charge >= 0.3 is 0 Å². The summed E-state index contributed by atoms with van der Waals surface area (Å²) in [6.07, 6.45) is 1.92. The maximum absolute atomic E-state index is 8.63. The molecule has 0 aromatic carbocycles. The van der Waals surface area contributed by atoms with Crippen LogP contribution >= 0.6 is 11.8 Å². The van der Waals surface area contributed by atoms with Crippen LogP contribution in [0.4, 0.5) is 11.6 Å². The van der Waals surface area contributed by atoms with Gasteiger partial charge in [0.15, 0.2) is 5.16 Å². The van der Waals surface area contributed by atoms with E-state index in [0.717, 1.165) is 12.4 Å². The largest absolute Gasteiger partial charge is 0.394 e. The molecule has 0 aliphatic rings. The quantitative estimate of drug-likeness (QED) is 0.407. The van der Waals surface area contributed by atoms with E-state index in [1.807, 2.05) is 13.2 Å². The highest BCUT2D eigenvalue weighted by Gasteiger charge is 2.09. The molecule has 0 saturated carbocycles. The molecule has 102 valence electrons. The van der Waals surface area contributed by atoms with Crippen molar-refractivity contribution in [2.75, 3.05) is 49.8 Å². The monoisotopic (exact) mass is 272 g/mol. The third-order valence-corrected chi connectivity index (χ3v) is 2.89. The number of ether oxygens (including phenoxy) is 1. The molecular formula is C11H20N4O2S. The Morgan fingerprint density at radius 2 is 2.22 bits per heavy atom. The molecule has 0 spiro atoms. The van der Waals surface area contributed by atoms with Crippen molar-refractivity contribution in [3.8, 4) is 0 Å². The number of nitrogens with zero attached hydrogens (tertiary/aromatic N) is 3. The lowest BCUT2D eigenvalue weighted by atomic mass is 10.4. The second-order valence-electron chi connectivity index (χ2n) is 3.55. The first-order chi connectivity index (χ1) is 8.71. The molecular weight excluding hydrogens is 252 g/mol. The van der Waals surface area contributed by atoms with Crippen molar-refractivity contribution >= 4 is 23.4 Å². The van der Waals surface area contributed by atoms with E-state index in [2.05, 4.69) is 14.9 Å². The first-order valence-electron chi connectivity index (χ1n) is 5.83. The second kappa shape index (κ2) is 8.12. The molecule has 1 rings (SSSR count). The Hall–Kier alpha value is -1.05. The Morgan fingerprint density at radius 3 is 2.83 bits per heavy atom. The van der Waals surface area contributed by atoms with Crippen molar-refractivity contribution in [1.29, 1.82) is 0 Å². The molecule has 0 unspecified atom stereocenters. The van der Waals surface area contributed by atoms with Gasteiger partial charge in [-0.25, -0.2) is 9.97 Å². The fraction of sp³-hybridized carbons (Fsp3) is 0.636. The standard InChI is InChI=1S/C11H20N4O2S/c1-3-15(4-6-17-7-5-16)10-8-9(12)13-11(14-10)18-2/h8,16H,3-7H2,1-2H3,(H2,12,13,14). The number of aliphatic hydroxyl groups excluding tert-OH is 1. The van der Waals surface area contributed by atoms with Crippen LogP contribution in [-0.4, -0.2) is 54.2 Å². The fourth-order valence-electron chi connectivity index (χ4n) is 1.46. The molecule has 6 nitrogen and oxygen atoms in total. The topological polar surface area (TPSA) is 84.5 Å². The lowest BCUT2D eigenvalue weighted by molar-refractivity contribution is 0.0967. The van der Waals surface area contributed by atoms with Crippen LogP contribution in [0, 0.1) is 0 Å². The van der Waals surface area contributed by atoms with Gasteiger partial charge in [-0.15, -0.1) is 0 Å². The number of anilines is 2. The van der Waals surface area contributed by atoms with Crippen molar-refractivity contribution in [2.45, 2.75) is 12.1 Å². The van der Waals surface area contributed by atoms with E-state index in [9.17, 15) is 0 Å². The molecule has 7 heteroatoms. The van der Waals surface area contributed by atoms with Gasteiger partial charge in [0, 0.05) is 19.2 Å². The summed E-state index contributed by atoms with van der Waals surface area (Å²) in [6.45, 7) is 4.52. The predicted molar refractivity (Wildman–Crippen MR) is 74.0 cm³/mol. The SMILES string of the molecule is CCN(CCOCCO)c1cc(N)nc(SC)n1. The molecule has 0 atom stereocenters. The third-order valence-electron chi connectivity index (χ3n) is 2.34. The number of nitrogen functional groups attached to an aromatic ring is 1. The predicted octanol–water partition coefficient (Wildman–Crippen LogP) is 0.616. The van der Waals surface area contributed by atoms with Crippen LogP contribution < -0.4 is 10.6 Å². The lowest BCUT2D eigenvalue weighted by Gasteiger charge is -2.22. The number of hydrogen-bond acceptors (Lipinski definition) is 7. The third kappa shape index (κ3) is 4.67. The lowest BCUT2D eigenvalue weighted by Crippen LogP contribution is -2.28. The highest BCUT2D eigenvalue weighted by Crippen LogP contribution is 2.18. The van der Waals surface area contributed by atoms with E-state index in [4.69, 9.17) is 15.6 Å². The Balaban J connectivity index is 2.65. The van der Waals surface area contributed by atoms with E-state index >= 15 is 0 Å². The molecule has 1 aromatic heterocycles. The Labute approximate surface area is 112 Å². The van der Waals surface area contributed by atoms with Gasteiger partial charge < -0.3 is 20.5 Å². The van der Waals surface area contributed by atoms with E-state index in [-0.39, 0.29) is 6.61 Å². The van der Waals surface area contributed by atoms with Crippen LogP contribution in [-0.2, 0) is 4.74 Å². The van der Waals surface area contributed by atoms with Crippen LogP contribution in [0.5, 0.6) is 0 Å². The van der Waals surface area contributed by atoms with Crippen molar-refractivity contribution in [3.05, 3.63) is 6.07 Å². The van der Waals surface area contributed by atoms with Crippen molar-refractivity contribution < 1.29 is 9.84 Å². The molecule has 1 aromatic rings. The van der Waals surface area contributed by atoms with Crippen LogP contribution in [0.25, 0.3) is 0 Å². The summed E-state index contributed by atoms with van der Waals surface area (Å²) in [5.74, 6) is 1.28. The Kier molecular flexibility index (Phi) is 6.77. The van der Waals surface area contributed by atoms with Gasteiger partial charge in [0.1, 0.15) is 11.6 Å². The van der Waals surface area contributed by atoms with Gasteiger partial charge in [-0.05, 0) is 13.2 Å². The first-order valence-corrected chi connectivity index (χ1v) is 7.05. The maximum atomic E-state index is 8.63. The van der Waals surface area contributed by atoms with Crippen LogP contribution in [0.3, 0.4) is 0 Å². The number of rotatable bonds is 8. The molecule has 0 amide bonds. The van der Waals surface area contributed by atoms with Gasteiger partial charge in [-0.1, -0.05) is 11.8 Å². The molecule has 0 aliphatic carbocycles. The first kappa shape index (κ1) is 15.0. The molecule has 3 N–H and O–H groups in total. The highest BCUT2D eigenvalue weighted by atomic mass is 32.2. The van der Waals surface area contributed by atoms with E-state index < -0.39 is 0 Å². The van der Waals surface area contributed by atoms with Crippen molar-refractivity contribution in [2.24, 2.45) is 0 Å². The summed E-state index contributed by atoms with van der Waals surface area (Å²) in [6, 6.07) is 1.76. The summed E-state index contributed by atoms with van der Waals surface area (Å²) < 4.78 is 5.25. The molecule has 0 aliphatic heterocycles. The normalized spacial score (nSPS) is 10.6. The summed E-state index contributed by atoms with van der Waals surface area (Å²) in [5.41, 5.74) is 5.75. The molecule has 18 heavy (non-hydrogen) atoms. The summed E-state index contributed by atoms with van der Waals surface area (Å²) >= 11 is 1.46. The zero-order chi connectivity index (χ0) is 13.4. The van der Waals surface area contributed by atoms with Crippen LogP contribution in [0.2, 0.25) is 0 Å². The van der Waals surface area contributed by atoms with Crippen molar-refractivity contribution in [3.63, 3.8) is 0 Å². The average Bonchev–Trinajstić information content (AvgIpc) is 2.38. The van der Waals surface area contributed by atoms with E-state index in [1.54, 1.807) is 6.07 Å². The molecule has 1 heterocycles. The zero-order valence-corrected chi connectivity index (χ0v) is 11.6. The maximum Gasteiger partial charge on any atom is 0.191 e. The number of aromatic nitrogens is 2. The van der Waals surface area contributed by atoms with Crippen LogP contribution in [0.1, 0.15) is 6.92 Å². The minimum Gasteiger partial charge on any atom is -0.394 e. The number of likely N-dealkylation sites (N-methyl/N-ethyl adjacent to an activating group) is 1. The smallest absolute Gasteiger partial charge is 0.191 e. The van der Waals surface area contributed by atoms with E-state index in [1.165, 1.54) is 11.8 Å². The summed E-state index contributed by atoms with van der Waals surface area (Å²) in [4.78, 5) is 10.6. The minimum atomic E-state index is 0.0448. The number of hydrogen-bond donors (Lipinski definition) is 2. The van der Waals surface area contributed by atoms with Gasteiger partial charge in [-0.2, -0.15) is 0 Å². The number of thioether (sulfide) groups is 1. The number of aliphatic hydroxyl groups is 1. The van der Waals surface area contributed by atoms with Gasteiger partial charge in [0.2, 0.25) is 0 Å². The second-order valence-corrected chi connectivity index (χ2v) is 4.33. The van der Waals surface area contributed by atoms with Gasteiger partial charge in [0.25, 0.3) is 0 Å². The van der Waals surface area contributed by atoms with Gasteiger partial charge in [0.05, 0.1) is 19.8 Å². The highest BCUT2D eigenvalue weighted by molar-refractivity contribution is 7.98. The number of nitrogens with two attached hydrogens (primary N) is 1. The average molecular weight is 272 g/mol. The molecule has 0 fully saturated rings. The minimum absolute atomic E-state index is 0.0448. The van der Waals surface area contributed by atoms with Gasteiger partial charge in [-0.3, -0.25) is 0 Å². The van der Waals surface area contributed by atoms with Crippen LogP contribution in [0.15, 0.2) is 11.2 Å². The Morgan fingerprint density at radius 1 is 1.44 bits per heavy atom. The van der Waals surface area contributed by atoms with E-state index in [0.29, 0.717) is 30.7 Å². The zero-order valence-electron chi connectivity index (χ0n) is 10.8.